The van der Waals surface area contributed by atoms with Crippen LogP contribution in [-0.4, -0.2) is 33.1 Å². The molecule has 134 valence electrons. The zero-order chi connectivity index (χ0) is 18.1. The van der Waals surface area contributed by atoms with E-state index in [4.69, 9.17) is 18.9 Å². The van der Waals surface area contributed by atoms with Crippen molar-refractivity contribution in [2.24, 2.45) is 0 Å². The molecule has 0 aliphatic carbocycles. The number of benzene rings is 2. The van der Waals surface area contributed by atoms with Gasteiger partial charge in [0, 0.05) is 19.8 Å². The smallest absolute Gasteiger partial charge is 0.315 e. The molecule has 0 spiro atoms. The summed E-state index contributed by atoms with van der Waals surface area (Å²) in [4.78, 5) is 13.0. The van der Waals surface area contributed by atoms with E-state index >= 15 is 0 Å². The average molecular weight is 344 g/mol. The second-order valence-electron chi connectivity index (χ2n) is 5.40. The first-order valence-corrected chi connectivity index (χ1v) is 8.29. The molecule has 25 heavy (non-hydrogen) atoms. The summed E-state index contributed by atoms with van der Waals surface area (Å²) in [5.74, 6) is 0.677. The highest BCUT2D eigenvalue weighted by atomic mass is 16.8. The van der Waals surface area contributed by atoms with Crippen molar-refractivity contribution in [3.05, 3.63) is 59.7 Å². The van der Waals surface area contributed by atoms with E-state index < -0.39 is 6.48 Å². The number of rotatable bonds is 10. The molecule has 5 nitrogen and oxygen atoms in total. The monoisotopic (exact) mass is 344 g/mol. The van der Waals surface area contributed by atoms with Crippen LogP contribution in [0.25, 0.3) is 0 Å². The lowest BCUT2D eigenvalue weighted by atomic mass is 10.0. The molecule has 0 amide bonds. The van der Waals surface area contributed by atoms with Gasteiger partial charge in [0.2, 0.25) is 5.78 Å². The van der Waals surface area contributed by atoms with Crippen LogP contribution >= 0.6 is 0 Å². The van der Waals surface area contributed by atoms with Crippen molar-refractivity contribution in [3.63, 3.8) is 0 Å². The van der Waals surface area contributed by atoms with Gasteiger partial charge in [0.05, 0.1) is 6.61 Å². The Balaban J connectivity index is 2.41. The summed E-state index contributed by atoms with van der Waals surface area (Å²) >= 11 is 0. The van der Waals surface area contributed by atoms with Gasteiger partial charge in [-0.3, -0.25) is 4.79 Å². The number of ketones is 1. The summed E-state index contributed by atoms with van der Waals surface area (Å²) in [6, 6.07) is 14.3. The third-order valence-electron chi connectivity index (χ3n) is 3.61. The van der Waals surface area contributed by atoms with Gasteiger partial charge in [-0.05, 0) is 18.6 Å². The van der Waals surface area contributed by atoms with Crippen LogP contribution < -0.4 is 9.47 Å². The maximum Gasteiger partial charge on any atom is 0.315 e. The first-order chi connectivity index (χ1) is 12.2. The highest BCUT2D eigenvalue weighted by molar-refractivity contribution is 6.12. The molecule has 2 aromatic carbocycles. The van der Waals surface area contributed by atoms with Crippen molar-refractivity contribution < 1.29 is 23.7 Å². The van der Waals surface area contributed by atoms with Crippen LogP contribution in [0.2, 0.25) is 0 Å². The minimum atomic E-state index is -0.909. The molecule has 0 atom stereocenters. The minimum Gasteiger partial charge on any atom is -0.493 e. The normalized spacial score (nSPS) is 10.7. The predicted octanol–water partition coefficient (Wildman–Crippen LogP) is 4.05. The van der Waals surface area contributed by atoms with E-state index in [-0.39, 0.29) is 5.78 Å². The number of unbranched alkanes of at least 4 members (excludes halogenated alkanes) is 1. The molecule has 0 fully saturated rings. The number of ether oxygens (including phenoxy) is 4. The molecule has 0 aliphatic rings. The standard InChI is InChI=1S/C20H24O5/c1-4-5-14-24-16-12-9-13-17(25-20(22-2)23-3)18(16)19(21)15-10-7-6-8-11-15/h6-13,20H,4-5,14H2,1-3H3. The van der Waals surface area contributed by atoms with Crippen molar-refractivity contribution in [3.8, 4) is 11.5 Å². The first kappa shape index (κ1) is 19.0. The molecule has 5 heteroatoms. The lowest BCUT2D eigenvalue weighted by molar-refractivity contribution is -0.219. The van der Waals surface area contributed by atoms with Gasteiger partial charge in [0.1, 0.15) is 17.1 Å². The van der Waals surface area contributed by atoms with Gasteiger partial charge in [0.25, 0.3) is 0 Å². The highest BCUT2D eigenvalue weighted by Gasteiger charge is 2.22. The van der Waals surface area contributed by atoms with E-state index in [2.05, 4.69) is 6.92 Å². The second-order valence-corrected chi connectivity index (χ2v) is 5.40. The highest BCUT2D eigenvalue weighted by Crippen LogP contribution is 2.32. The molecule has 0 saturated heterocycles. The summed E-state index contributed by atoms with van der Waals surface area (Å²) in [6.07, 6.45) is 1.91. The van der Waals surface area contributed by atoms with Gasteiger partial charge < -0.3 is 18.9 Å². The number of methoxy groups -OCH3 is 2. The summed E-state index contributed by atoms with van der Waals surface area (Å²) < 4.78 is 21.7. The van der Waals surface area contributed by atoms with E-state index in [1.54, 1.807) is 30.3 Å². The SMILES string of the molecule is CCCCOc1cccc(OC(OC)OC)c1C(=O)c1ccccc1. The Labute approximate surface area is 148 Å². The summed E-state index contributed by atoms with van der Waals surface area (Å²) in [7, 11) is 2.93. The Morgan fingerprint density at radius 1 is 0.960 bits per heavy atom. The molecule has 0 radical (unpaired) electrons. The van der Waals surface area contributed by atoms with Crippen molar-refractivity contribution in [1.82, 2.24) is 0 Å². The summed E-state index contributed by atoms with van der Waals surface area (Å²) in [6.45, 7) is 1.71. The van der Waals surface area contributed by atoms with E-state index in [0.29, 0.717) is 29.2 Å². The van der Waals surface area contributed by atoms with Gasteiger partial charge in [-0.2, -0.15) is 0 Å². The molecule has 0 bridgehead atoms. The van der Waals surface area contributed by atoms with Crippen molar-refractivity contribution in [1.29, 1.82) is 0 Å². The maximum atomic E-state index is 13.0. The molecule has 0 heterocycles. The van der Waals surface area contributed by atoms with Crippen molar-refractivity contribution in [2.75, 3.05) is 20.8 Å². The molecule has 0 saturated carbocycles. The van der Waals surface area contributed by atoms with Gasteiger partial charge in [0.15, 0.2) is 0 Å². The maximum absolute atomic E-state index is 13.0. The Bertz CT molecular complexity index is 665. The minimum absolute atomic E-state index is 0.173. The van der Waals surface area contributed by atoms with Crippen LogP contribution in [-0.2, 0) is 9.47 Å². The van der Waals surface area contributed by atoms with E-state index in [0.717, 1.165) is 12.8 Å². The number of carbonyl (C=O) groups is 1. The van der Waals surface area contributed by atoms with Crippen LogP contribution in [0.5, 0.6) is 11.5 Å². The average Bonchev–Trinajstić information content (AvgIpc) is 2.66. The Hall–Kier alpha value is -2.37. The summed E-state index contributed by atoms with van der Waals surface area (Å²) in [5.41, 5.74) is 0.925. The quantitative estimate of drug-likeness (QED) is 0.370. The molecule has 2 aromatic rings. The Morgan fingerprint density at radius 3 is 2.28 bits per heavy atom. The van der Waals surface area contributed by atoms with E-state index in [1.807, 2.05) is 18.2 Å². The van der Waals surface area contributed by atoms with Crippen molar-refractivity contribution >= 4 is 5.78 Å². The Kier molecular flexibility index (Phi) is 7.44. The molecule has 2 rings (SSSR count). The largest absolute Gasteiger partial charge is 0.493 e. The van der Waals surface area contributed by atoms with Crippen LogP contribution in [0.3, 0.4) is 0 Å². The third kappa shape index (κ3) is 5.05. The van der Waals surface area contributed by atoms with Crippen LogP contribution in [0.1, 0.15) is 35.7 Å². The molecule has 0 unspecified atom stereocenters. The number of hydrogen-bond donors (Lipinski definition) is 0. The fourth-order valence-corrected chi connectivity index (χ4v) is 2.31. The van der Waals surface area contributed by atoms with E-state index in [1.165, 1.54) is 14.2 Å². The first-order valence-electron chi connectivity index (χ1n) is 8.29. The number of hydrogen-bond acceptors (Lipinski definition) is 5. The van der Waals surface area contributed by atoms with Gasteiger partial charge in [-0.25, -0.2) is 0 Å². The van der Waals surface area contributed by atoms with Gasteiger partial charge in [-0.1, -0.05) is 49.7 Å². The second kappa shape index (κ2) is 9.81. The fourth-order valence-electron chi connectivity index (χ4n) is 2.31. The zero-order valence-electron chi connectivity index (χ0n) is 14.9. The molecule has 0 aromatic heterocycles. The lowest BCUT2D eigenvalue weighted by Crippen LogP contribution is -2.22. The predicted molar refractivity (Wildman–Crippen MR) is 95.2 cm³/mol. The van der Waals surface area contributed by atoms with Crippen molar-refractivity contribution in [2.45, 2.75) is 26.2 Å². The third-order valence-corrected chi connectivity index (χ3v) is 3.61. The lowest BCUT2D eigenvalue weighted by Gasteiger charge is -2.19. The summed E-state index contributed by atoms with van der Waals surface area (Å²) in [5, 5.41) is 0. The molecule has 0 aliphatic heterocycles. The topological polar surface area (TPSA) is 54.0 Å². The van der Waals surface area contributed by atoms with Crippen LogP contribution in [0.15, 0.2) is 48.5 Å². The number of carbonyl (C=O) groups excluding carboxylic acids is 1. The Morgan fingerprint density at radius 2 is 1.64 bits per heavy atom. The van der Waals surface area contributed by atoms with Gasteiger partial charge in [-0.15, -0.1) is 0 Å². The van der Waals surface area contributed by atoms with Crippen LogP contribution in [0.4, 0.5) is 0 Å². The molecular formula is C20H24O5. The molecular weight excluding hydrogens is 320 g/mol. The fraction of sp³-hybridized carbons (Fsp3) is 0.350. The van der Waals surface area contributed by atoms with E-state index in [9.17, 15) is 4.79 Å². The van der Waals surface area contributed by atoms with Crippen LogP contribution in [0, 0.1) is 0 Å². The molecule has 0 N–H and O–H groups in total. The zero-order valence-corrected chi connectivity index (χ0v) is 14.9. The van der Waals surface area contributed by atoms with Gasteiger partial charge >= 0.3 is 6.48 Å².